The molecule has 122 valence electrons. The lowest BCUT2D eigenvalue weighted by molar-refractivity contribution is 0.0985. The number of ether oxygens (including phenoxy) is 1. The molecule has 5 heteroatoms. The molecule has 0 spiro atoms. The smallest absolute Gasteiger partial charge is 0.258 e. The van der Waals surface area contributed by atoms with Gasteiger partial charge in [0.15, 0.2) is 0 Å². The first-order valence-electron chi connectivity index (χ1n) is 7.42. The Balaban J connectivity index is 1.96. The van der Waals surface area contributed by atoms with Gasteiger partial charge in [0.05, 0.1) is 24.4 Å². The summed E-state index contributed by atoms with van der Waals surface area (Å²) in [6, 6.07) is 18.5. The van der Waals surface area contributed by atoms with Crippen molar-refractivity contribution in [1.29, 1.82) is 0 Å². The number of nitrogens with zero attached hydrogens (tertiary/aromatic N) is 1. The zero-order valence-electron chi connectivity index (χ0n) is 13.1. The lowest BCUT2D eigenvalue weighted by atomic mass is 10.1. The third-order valence-corrected chi connectivity index (χ3v) is 4.80. The average Bonchev–Trinajstić information content (AvgIpc) is 3.13. The minimum Gasteiger partial charge on any atom is -0.497 e. The van der Waals surface area contributed by atoms with Gasteiger partial charge in [0, 0.05) is 10.4 Å². The number of carbonyl (C=O) groups is 1. The molecule has 24 heavy (non-hydrogen) atoms. The number of benzene rings is 2. The second-order valence-electron chi connectivity index (χ2n) is 5.15. The Morgan fingerprint density at radius 1 is 1.08 bits per heavy atom. The second kappa shape index (κ2) is 7.51. The van der Waals surface area contributed by atoms with E-state index in [1.165, 1.54) is 0 Å². The normalized spacial score (nSPS) is 10.4. The van der Waals surface area contributed by atoms with Gasteiger partial charge >= 0.3 is 0 Å². The van der Waals surface area contributed by atoms with Gasteiger partial charge in [0.1, 0.15) is 5.75 Å². The Morgan fingerprint density at radius 3 is 2.46 bits per heavy atom. The van der Waals surface area contributed by atoms with Crippen molar-refractivity contribution in [2.75, 3.05) is 12.0 Å². The highest BCUT2D eigenvalue weighted by atomic mass is 35.5. The van der Waals surface area contributed by atoms with E-state index in [0.717, 1.165) is 4.88 Å². The monoisotopic (exact) mass is 357 g/mol. The van der Waals surface area contributed by atoms with Crippen molar-refractivity contribution in [1.82, 2.24) is 0 Å². The molecule has 3 aromatic rings. The molecule has 0 radical (unpaired) electrons. The molecule has 1 amide bonds. The van der Waals surface area contributed by atoms with Crippen molar-refractivity contribution in [2.45, 2.75) is 6.54 Å². The van der Waals surface area contributed by atoms with Crippen molar-refractivity contribution < 1.29 is 9.53 Å². The Bertz CT molecular complexity index is 816. The molecule has 1 aromatic heterocycles. The van der Waals surface area contributed by atoms with E-state index in [4.69, 9.17) is 16.3 Å². The van der Waals surface area contributed by atoms with Gasteiger partial charge in [0.25, 0.3) is 5.91 Å². The summed E-state index contributed by atoms with van der Waals surface area (Å²) < 4.78 is 5.15. The predicted octanol–water partition coefficient (Wildman–Crippen LogP) is 5.26. The molecule has 0 unspecified atom stereocenters. The van der Waals surface area contributed by atoms with Crippen molar-refractivity contribution >= 4 is 34.5 Å². The topological polar surface area (TPSA) is 29.5 Å². The number of hydrogen-bond acceptors (Lipinski definition) is 3. The number of amides is 1. The molecule has 0 aliphatic rings. The maximum absolute atomic E-state index is 13.1. The highest BCUT2D eigenvalue weighted by Gasteiger charge is 2.20. The first-order chi connectivity index (χ1) is 11.7. The molecule has 0 atom stereocenters. The quantitative estimate of drug-likeness (QED) is 0.623. The SMILES string of the molecule is COc1ccc(C(=O)N(Cc2cccs2)c2ccccc2Cl)cc1. The molecule has 0 bridgehead atoms. The maximum Gasteiger partial charge on any atom is 0.258 e. The fraction of sp³-hybridized carbons (Fsp3) is 0.105. The number of anilines is 1. The van der Waals surface area contributed by atoms with Crippen LogP contribution in [0.2, 0.25) is 5.02 Å². The van der Waals surface area contributed by atoms with Crippen molar-refractivity contribution in [3.8, 4) is 5.75 Å². The summed E-state index contributed by atoms with van der Waals surface area (Å²) in [6.07, 6.45) is 0. The van der Waals surface area contributed by atoms with E-state index in [-0.39, 0.29) is 5.91 Å². The van der Waals surface area contributed by atoms with E-state index < -0.39 is 0 Å². The number of methoxy groups -OCH3 is 1. The van der Waals surface area contributed by atoms with Crippen LogP contribution in [0.1, 0.15) is 15.2 Å². The van der Waals surface area contributed by atoms with Crippen LogP contribution in [0.15, 0.2) is 66.0 Å². The number of thiophene rings is 1. The summed E-state index contributed by atoms with van der Waals surface area (Å²) in [5, 5.41) is 2.55. The Morgan fingerprint density at radius 2 is 1.83 bits per heavy atom. The van der Waals surface area contributed by atoms with Gasteiger partial charge in [-0.05, 0) is 47.8 Å². The minimum atomic E-state index is -0.0980. The first-order valence-corrected chi connectivity index (χ1v) is 8.67. The highest BCUT2D eigenvalue weighted by Crippen LogP contribution is 2.29. The van der Waals surface area contributed by atoms with E-state index in [0.29, 0.717) is 28.6 Å². The molecule has 0 saturated heterocycles. The van der Waals surface area contributed by atoms with Crippen LogP contribution < -0.4 is 9.64 Å². The summed E-state index contributed by atoms with van der Waals surface area (Å²) in [7, 11) is 1.60. The number of halogens is 1. The predicted molar refractivity (Wildman–Crippen MR) is 99.3 cm³/mol. The van der Waals surface area contributed by atoms with Gasteiger partial charge in [-0.2, -0.15) is 0 Å². The standard InChI is InChI=1S/C19H16ClNO2S/c1-23-15-10-8-14(9-11-15)19(22)21(13-16-5-4-12-24-16)18-7-3-2-6-17(18)20/h2-12H,13H2,1H3. The lowest BCUT2D eigenvalue weighted by Gasteiger charge is -2.23. The Labute approximate surface area is 150 Å². The molecular formula is C19H16ClNO2S. The number of hydrogen-bond donors (Lipinski definition) is 0. The van der Waals surface area contributed by atoms with Crippen molar-refractivity contribution in [2.24, 2.45) is 0 Å². The molecule has 0 saturated carbocycles. The summed E-state index contributed by atoms with van der Waals surface area (Å²) in [4.78, 5) is 15.9. The van der Waals surface area contributed by atoms with Crippen molar-refractivity contribution in [3.05, 3.63) is 81.5 Å². The van der Waals surface area contributed by atoms with E-state index in [2.05, 4.69) is 0 Å². The average molecular weight is 358 g/mol. The number of para-hydroxylation sites is 1. The number of carbonyl (C=O) groups excluding carboxylic acids is 1. The molecule has 0 aliphatic heterocycles. The third kappa shape index (κ3) is 3.61. The van der Waals surface area contributed by atoms with E-state index >= 15 is 0 Å². The molecule has 0 N–H and O–H groups in total. The molecule has 0 aliphatic carbocycles. The second-order valence-corrected chi connectivity index (χ2v) is 6.59. The highest BCUT2D eigenvalue weighted by molar-refractivity contribution is 7.09. The largest absolute Gasteiger partial charge is 0.497 e. The minimum absolute atomic E-state index is 0.0980. The first kappa shape index (κ1) is 16.6. The Hall–Kier alpha value is -2.30. The van der Waals surface area contributed by atoms with E-state index in [9.17, 15) is 4.79 Å². The van der Waals surface area contributed by atoms with Gasteiger partial charge in [-0.3, -0.25) is 4.79 Å². The summed E-state index contributed by atoms with van der Waals surface area (Å²) >= 11 is 7.94. The maximum atomic E-state index is 13.1. The van der Waals surface area contributed by atoms with E-state index in [1.54, 1.807) is 53.7 Å². The fourth-order valence-electron chi connectivity index (χ4n) is 2.38. The van der Waals surface area contributed by atoms with Crippen LogP contribution >= 0.6 is 22.9 Å². The summed E-state index contributed by atoms with van der Waals surface area (Å²) in [6.45, 7) is 0.478. The zero-order valence-corrected chi connectivity index (χ0v) is 14.7. The molecule has 1 heterocycles. The van der Waals surface area contributed by atoms with Gasteiger partial charge in [-0.25, -0.2) is 0 Å². The molecule has 3 rings (SSSR count). The summed E-state index contributed by atoms with van der Waals surface area (Å²) in [5.41, 5.74) is 1.29. The Kier molecular flexibility index (Phi) is 5.18. The number of rotatable bonds is 5. The van der Waals surface area contributed by atoms with Crippen molar-refractivity contribution in [3.63, 3.8) is 0 Å². The van der Waals surface area contributed by atoms with Crippen LogP contribution in [-0.2, 0) is 6.54 Å². The van der Waals surface area contributed by atoms with Crippen LogP contribution in [0.5, 0.6) is 5.75 Å². The van der Waals surface area contributed by atoms with Gasteiger partial charge < -0.3 is 9.64 Å². The van der Waals surface area contributed by atoms with Crippen LogP contribution in [0.25, 0.3) is 0 Å². The molecule has 0 fully saturated rings. The molecule has 3 nitrogen and oxygen atoms in total. The summed E-state index contributed by atoms with van der Waals surface area (Å²) in [5.74, 6) is 0.619. The lowest BCUT2D eigenvalue weighted by Crippen LogP contribution is -2.30. The van der Waals surface area contributed by atoms with Crippen LogP contribution in [-0.4, -0.2) is 13.0 Å². The zero-order chi connectivity index (χ0) is 16.9. The van der Waals surface area contributed by atoms with E-state index in [1.807, 2.05) is 35.7 Å². The van der Waals surface area contributed by atoms with Gasteiger partial charge in [0.2, 0.25) is 0 Å². The van der Waals surface area contributed by atoms with Gasteiger partial charge in [-0.1, -0.05) is 29.8 Å². The molecule has 2 aromatic carbocycles. The van der Waals surface area contributed by atoms with Crippen LogP contribution in [0.3, 0.4) is 0 Å². The van der Waals surface area contributed by atoms with Crippen LogP contribution in [0.4, 0.5) is 5.69 Å². The molecular weight excluding hydrogens is 342 g/mol. The van der Waals surface area contributed by atoms with Crippen LogP contribution in [0, 0.1) is 0 Å². The fourth-order valence-corrected chi connectivity index (χ4v) is 3.32. The van der Waals surface area contributed by atoms with Gasteiger partial charge in [-0.15, -0.1) is 11.3 Å². The third-order valence-electron chi connectivity index (χ3n) is 3.62.